The van der Waals surface area contributed by atoms with Gasteiger partial charge >= 0.3 is 0 Å². The van der Waals surface area contributed by atoms with Gasteiger partial charge in [-0.2, -0.15) is 0 Å². The number of aliphatic hydroxyl groups is 1. The second-order valence-electron chi connectivity index (χ2n) is 5.09. The summed E-state index contributed by atoms with van der Waals surface area (Å²) in [5.74, 6) is 0.871. The van der Waals surface area contributed by atoms with Gasteiger partial charge in [-0.05, 0) is 31.6 Å². The predicted molar refractivity (Wildman–Crippen MR) is 68.1 cm³/mol. The maximum absolute atomic E-state index is 9.70. The molecule has 1 saturated carbocycles. The fourth-order valence-electron chi connectivity index (χ4n) is 2.19. The summed E-state index contributed by atoms with van der Waals surface area (Å²) in [5.41, 5.74) is 0. The molecule has 4 nitrogen and oxygen atoms in total. The van der Waals surface area contributed by atoms with Gasteiger partial charge in [-0.1, -0.05) is 6.92 Å². The van der Waals surface area contributed by atoms with E-state index in [-0.39, 0.29) is 0 Å². The molecule has 1 fully saturated rings. The number of aliphatic hydroxyl groups excluding tert-OH is 1. The van der Waals surface area contributed by atoms with E-state index in [0.29, 0.717) is 32.4 Å². The summed E-state index contributed by atoms with van der Waals surface area (Å²) < 4.78 is 10.1. The SMILES string of the molecule is COCCOCC(O)CNC1CCC(C)CC1. The van der Waals surface area contributed by atoms with Crippen molar-refractivity contribution in [3.8, 4) is 0 Å². The molecule has 17 heavy (non-hydrogen) atoms. The van der Waals surface area contributed by atoms with Crippen molar-refractivity contribution < 1.29 is 14.6 Å². The van der Waals surface area contributed by atoms with Gasteiger partial charge in [0.2, 0.25) is 0 Å². The van der Waals surface area contributed by atoms with Crippen molar-refractivity contribution in [1.82, 2.24) is 5.32 Å². The Bertz CT molecular complexity index is 182. The Morgan fingerprint density at radius 1 is 1.24 bits per heavy atom. The van der Waals surface area contributed by atoms with Crippen LogP contribution < -0.4 is 5.32 Å². The second-order valence-corrected chi connectivity index (χ2v) is 5.09. The lowest BCUT2D eigenvalue weighted by molar-refractivity contribution is 0.0123. The zero-order chi connectivity index (χ0) is 12.5. The maximum atomic E-state index is 9.70. The van der Waals surface area contributed by atoms with Gasteiger partial charge in [0.15, 0.2) is 0 Å². The molecular weight excluding hydrogens is 218 g/mol. The Morgan fingerprint density at radius 2 is 1.94 bits per heavy atom. The van der Waals surface area contributed by atoms with Gasteiger partial charge in [0.05, 0.1) is 25.9 Å². The van der Waals surface area contributed by atoms with Crippen LogP contribution in [0.25, 0.3) is 0 Å². The molecule has 0 aromatic carbocycles. The van der Waals surface area contributed by atoms with Crippen LogP contribution in [0.3, 0.4) is 0 Å². The van der Waals surface area contributed by atoms with Crippen molar-refractivity contribution in [1.29, 1.82) is 0 Å². The van der Waals surface area contributed by atoms with Crippen molar-refractivity contribution in [3.05, 3.63) is 0 Å². The van der Waals surface area contributed by atoms with E-state index in [1.807, 2.05) is 0 Å². The van der Waals surface area contributed by atoms with E-state index in [9.17, 15) is 5.11 Å². The van der Waals surface area contributed by atoms with Gasteiger partial charge in [0, 0.05) is 19.7 Å². The average molecular weight is 245 g/mol. The molecule has 0 radical (unpaired) electrons. The zero-order valence-electron chi connectivity index (χ0n) is 11.2. The van der Waals surface area contributed by atoms with E-state index in [4.69, 9.17) is 9.47 Å². The lowest BCUT2D eigenvalue weighted by Crippen LogP contribution is -2.39. The van der Waals surface area contributed by atoms with Crippen molar-refractivity contribution in [2.75, 3.05) is 33.5 Å². The topological polar surface area (TPSA) is 50.7 Å². The quantitative estimate of drug-likeness (QED) is 0.631. The predicted octanol–water partition coefficient (Wildman–Crippen LogP) is 1.18. The molecular formula is C13H27NO3. The molecule has 0 aromatic heterocycles. The molecule has 1 aliphatic carbocycles. The number of ether oxygens (including phenoxy) is 2. The molecule has 0 amide bonds. The minimum atomic E-state index is -0.411. The Morgan fingerprint density at radius 3 is 2.59 bits per heavy atom. The average Bonchev–Trinajstić information content (AvgIpc) is 2.34. The second kappa shape index (κ2) is 8.86. The third-order valence-corrected chi connectivity index (χ3v) is 3.40. The van der Waals surface area contributed by atoms with Crippen molar-refractivity contribution >= 4 is 0 Å². The summed E-state index contributed by atoms with van der Waals surface area (Å²) in [7, 11) is 1.64. The molecule has 1 aliphatic rings. The molecule has 0 aliphatic heterocycles. The van der Waals surface area contributed by atoms with E-state index < -0.39 is 6.10 Å². The van der Waals surface area contributed by atoms with E-state index in [2.05, 4.69) is 12.2 Å². The van der Waals surface area contributed by atoms with E-state index in [1.165, 1.54) is 25.7 Å². The molecule has 4 heteroatoms. The molecule has 0 saturated heterocycles. The number of methoxy groups -OCH3 is 1. The smallest absolute Gasteiger partial charge is 0.0897 e. The molecule has 0 spiro atoms. The molecule has 1 atom stereocenters. The summed E-state index contributed by atoms with van der Waals surface area (Å²) in [6.07, 6.45) is 4.67. The fraction of sp³-hybridized carbons (Fsp3) is 1.00. The first-order chi connectivity index (χ1) is 8.22. The molecule has 0 aromatic rings. The highest BCUT2D eigenvalue weighted by Gasteiger charge is 2.18. The summed E-state index contributed by atoms with van der Waals surface area (Å²) in [4.78, 5) is 0. The standard InChI is InChI=1S/C13H27NO3/c1-11-3-5-12(6-4-11)14-9-13(15)10-17-8-7-16-2/h11-15H,3-10H2,1-2H3. The highest BCUT2D eigenvalue weighted by Crippen LogP contribution is 2.23. The third-order valence-electron chi connectivity index (χ3n) is 3.40. The van der Waals surface area contributed by atoms with E-state index in [1.54, 1.807) is 7.11 Å². The van der Waals surface area contributed by atoms with Crippen LogP contribution in [-0.2, 0) is 9.47 Å². The first-order valence-corrected chi connectivity index (χ1v) is 6.70. The van der Waals surface area contributed by atoms with Gasteiger partial charge in [-0.15, -0.1) is 0 Å². The normalized spacial score (nSPS) is 27.0. The molecule has 1 rings (SSSR count). The zero-order valence-corrected chi connectivity index (χ0v) is 11.2. The number of rotatable bonds is 8. The highest BCUT2D eigenvalue weighted by atomic mass is 16.5. The van der Waals surface area contributed by atoms with Gasteiger partial charge in [0.25, 0.3) is 0 Å². The highest BCUT2D eigenvalue weighted by molar-refractivity contribution is 4.76. The lowest BCUT2D eigenvalue weighted by Gasteiger charge is -2.27. The Balaban J connectivity index is 1.97. The summed E-state index contributed by atoms with van der Waals surface area (Å²) in [5, 5.41) is 13.1. The molecule has 102 valence electrons. The summed E-state index contributed by atoms with van der Waals surface area (Å²) >= 11 is 0. The van der Waals surface area contributed by atoms with Crippen LogP contribution in [0.1, 0.15) is 32.6 Å². The third kappa shape index (κ3) is 6.99. The summed E-state index contributed by atoms with van der Waals surface area (Å²) in [6.45, 7) is 4.47. The monoisotopic (exact) mass is 245 g/mol. The Hall–Kier alpha value is -0.160. The first-order valence-electron chi connectivity index (χ1n) is 6.70. The number of hydrogen-bond donors (Lipinski definition) is 2. The number of nitrogens with one attached hydrogen (secondary N) is 1. The summed E-state index contributed by atoms with van der Waals surface area (Å²) in [6, 6.07) is 0.583. The molecule has 0 heterocycles. The fourth-order valence-corrected chi connectivity index (χ4v) is 2.19. The Labute approximate surface area is 105 Å². The van der Waals surface area contributed by atoms with Crippen LogP contribution in [-0.4, -0.2) is 50.7 Å². The largest absolute Gasteiger partial charge is 0.389 e. The van der Waals surface area contributed by atoms with Crippen molar-refractivity contribution in [3.63, 3.8) is 0 Å². The molecule has 1 unspecified atom stereocenters. The van der Waals surface area contributed by atoms with Crippen LogP contribution in [0.2, 0.25) is 0 Å². The molecule has 2 N–H and O–H groups in total. The maximum Gasteiger partial charge on any atom is 0.0897 e. The van der Waals surface area contributed by atoms with Gasteiger partial charge < -0.3 is 19.9 Å². The Kier molecular flexibility index (Phi) is 7.77. The number of hydrogen-bond acceptors (Lipinski definition) is 4. The van der Waals surface area contributed by atoms with Gasteiger partial charge in [0.1, 0.15) is 0 Å². The van der Waals surface area contributed by atoms with E-state index >= 15 is 0 Å². The van der Waals surface area contributed by atoms with Crippen molar-refractivity contribution in [2.24, 2.45) is 5.92 Å². The molecule has 0 bridgehead atoms. The van der Waals surface area contributed by atoms with Crippen LogP contribution in [0.5, 0.6) is 0 Å². The van der Waals surface area contributed by atoms with Crippen LogP contribution in [0.4, 0.5) is 0 Å². The van der Waals surface area contributed by atoms with E-state index in [0.717, 1.165) is 5.92 Å². The van der Waals surface area contributed by atoms with Crippen molar-refractivity contribution in [2.45, 2.75) is 44.8 Å². The van der Waals surface area contributed by atoms with Crippen LogP contribution in [0, 0.1) is 5.92 Å². The van der Waals surface area contributed by atoms with Gasteiger partial charge in [-0.3, -0.25) is 0 Å². The first kappa shape index (κ1) is 14.9. The van der Waals surface area contributed by atoms with Crippen LogP contribution in [0.15, 0.2) is 0 Å². The van der Waals surface area contributed by atoms with Crippen LogP contribution >= 0.6 is 0 Å². The minimum absolute atomic E-state index is 0.388. The van der Waals surface area contributed by atoms with Gasteiger partial charge in [-0.25, -0.2) is 0 Å². The minimum Gasteiger partial charge on any atom is -0.389 e. The lowest BCUT2D eigenvalue weighted by atomic mass is 9.87.